The Kier molecular flexibility index (Phi) is 4.57. The van der Waals surface area contributed by atoms with Crippen LogP contribution < -0.4 is 9.54 Å². The van der Waals surface area contributed by atoms with Crippen LogP contribution >= 0.6 is 11.3 Å². The zero-order chi connectivity index (χ0) is 17.1. The number of fused-ring (bicyclic) bond motifs is 1. The van der Waals surface area contributed by atoms with Crippen LogP contribution in [0, 0.1) is 5.82 Å². The Bertz CT molecular complexity index is 988. The SMILES string of the molecule is C=CCn1c(=NC(=O)c2cccc(F)c2)sc2cccc(OC)c21. The van der Waals surface area contributed by atoms with Gasteiger partial charge in [0.05, 0.1) is 11.8 Å². The van der Waals surface area contributed by atoms with E-state index in [1.165, 1.54) is 29.5 Å². The number of benzene rings is 2. The fourth-order valence-electron chi connectivity index (χ4n) is 2.42. The Morgan fingerprint density at radius 2 is 2.17 bits per heavy atom. The molecule has 6 heteroatoms. The average Bonchev–Trinajstić information content (AvgIpc) is 2.92. The topological polar surface area (TPSA) is 43.6 Å². The Hall–Kier alpha value is -2.73. The van der Waals surface area contributed by atoms with Gasteiger partial charge < -0.3 is 9.30 Å². The molecule has 0 fully saturated rings. The van der Waals surface area contributed by atoms with Crippen molar-refractivity contribution < 1.29 is 13.9 Å². The maximum absolute atomic E-state index is 13.3. The Labute approximate surface area is 142 Å². The normalized spacial score (nSPS) is 11.7. The molecule has 0 N–H and O–H groups in total. The standard InChI is InChI=1S/C18H15FN2O2S/c1-3-10-21-16-14(23-2)8-5-9-15(16)24-18(21)20-17(22)12-6-4-7-13(19)11-12/h3-9,11H,1,10H2,2H3. The zero-order valence-electron chi connectivity index (χ0n) is 13.0. The summed E-state index contributed by atoms with van der Waals surface area (Å²) in [6.45, 7) is 4.24. The molecule has 0 aliphatic rings. The molecule has 0 unspecified atom stereocenters. The molecule has 3 aromatic rings. The van der Waals surface area contributed by atoms with Gasteiger partial charge in [0.1, 0.15) is 17.1 Å². The number of allylic oxidation sites excluding steroid dienone is 1. The van der Waals surface area contributed by atoms with Crippen molar-refractivity contribution in [3.8, 4) is 5.75 Å². The molecule has 0 aliphatic heterocycles. The van der Waals surface area contributed by atoms with Crippen molar-refractivity contribution in [2.75, 3.05) is 7.11 Å². The number of methoxy groups -OCH3 is 1. The van der Waals surface area contributed by atoms with Gasteiger partial charge in [-0.2, -0.15) is 4.99 Å². The fourth-order valence-corrected chi connectivity index (χ4v) is 3.47. The molecule has 122 valence electrons. The van der Waals surface area contributed by atoms with E-state index in [0.29, 0.717) is 17.1 Å². The largest absolute Gasteiger partial charge is 0.495 e. The third-order valence-corrected chi connectivity index (χ3v) is 4.51. The molecule has 2 aromatic carbocycles. The van der Waals surface area contributed by atoms with Crippen LogP contribution in [0.5, 0.6) is 5.75 Å². The number of ether oxygens (including phenoxy) is 1. The number of halogens is 1. The second kappa shape index (κ2) is 6.80. The molecule has 0 spiro atoms. The lowest BCUT2D eigenvalue weighted by atomic mass is 10.2. The number of thiazole rings is 1. The van der Waals surface area contributed by atoms with Crippen LogP contribution in [0.3, 0.4) is 0 Å². The van der Waals surface area contributed by atoms with Crippen molar-refractivity contribution in [3.05, 3.63) is 71.3 Å². The summed E-state index contributed by atoms with van der Waals surface area (Å²) in [4.78, 5) is 17.0. The molecular formula is C18H15FN2O2S. The highest BCUT2D eigenvalue weighted by Crippen LogP contribution is 2.27. The third-order valence-electron chi connectivity index (χ3n) is 3.46. The second-order valence-electron chi connectivity index (χ2n) is 5.02. The molecule has 1 aromatic heterocycles. The van der Waals surface area contributed by atoms with E-state index in [1.54, 1.807) is 19.3 Å². The summed E-state index contributed by atoms with van der Waals surface area (Å²) in [5.74, 6) is -0.254. The molecule has 1 amide bonds. The van der Waals surface area contributed by atoms with Crippen LogP contribution in [-0.2, 0) is 6.54 Å². The van der Waals surface area contributed by atoms with E-state index < -0.39 is 11.7 Å². The lowest BCUT2D eigenvalue weighted by Crippen LogP contribution is -2.16. The van der Waals surface area contributed by atoms with E-state index in [9.17, 15) is 9.18 Å². The van der Waals surface area contributed by atoms with E-state index in [-0.39, 0.29) is 5.56 Å². The van der Waals surface area contributed by atoms with Gasteiger partial charge in [-0.05, 0) is 30.3 Å². The first kappa shape index (κ1) is 16.1. The van der Waals surface area contributed by atoms with E-state index in [1.807, 2.05) is 22.8 Å². The molecule has 1 heterocycles. The summed E-state index contributed by atoms with van der Waals surface area (Å²) >= 11 is 1.37. The first-order valence-electron chi connectivity index (χ1n) is 7.26. The minimum absolute atomic E-state index is 0.213. The van der Waals surface area contributed by atoms with Crippen LogP contribution in [0.4, 0.5) is 4.39 Å². The number of para-hydroxylation sites is 1. The Balaban J connectivity index is 2.19. The van der Waals surface area contributed by atoms with Crippen LogP contribution in [0.15, 0.2) is 60.1 Å². The highest BCUT2D eigenvalue weighted by Gasteiger charge is 2.12. The van der Waals surface area contributed by atoms with Gasteiger partial charge in [-0.3, -0.25) is 4.79 Å². The third kappa shape index (κ3) is 3.00. The zero-order valence-corrected chi connectivity index (χ0v) is 13.8. The number of amides is 1. The smallest absolute Gasteiger partial charge is 0.279 e. The predicted octanol–water partition coefficient (Wildman–Crippen LogP) is 3.78. The molecule has 0 aliphatic carbocycles. The van der Waals surface area contributed by atoms with E-state index in [2.05, 4.69) is 11.6 Å². The molecule has 24 heavy (non-hydrogen) atoms. The summed E-state index contributed by atoms with van der Waals surface area (Å²) < 4.78 is 21.5. The van der Waals surface area contributed by atoms with Crippen LogP contribution in [0.1, 0.15) is 10.4 Å². The number of hydrogen-bond donors (Lipinski definition) is 0. The van der Waals surface area contributed by atoms with Gasteiger partial charge in [0, 0.05) is 12.1 Å². The van der Waals surface area contributed by atoms with Crippen molar-refractivity contribution in [2.24, 2.45) is 4.99 Å². The van der Waals surface area contributed by atoms with E-state index in [0.717, 1.165) is 10.2 Å². The van der Waals surface area contributed by atoms with Crippen LogP contribution in [0.25, 0.3) is 10.2 Å². The van der Waals surface area contributed by atoms with Crippen molar-refractivity contribution in [1.29, 1.82) is 0 Å². The first-order chi connectivity index (χ1) is 11.6. The fraction of sp³-hybridized carbons (Fsp3) is 0.111. The van der Waals surface area contributed by atoms with Gasteiger partial charge in [-0.25, -0.2) is 4.39 Å². The van der Waals surface area contributed by atoms with E-state index in [4.69, 9.17) is 4.74 Å². The maximum atomic E-state index is 13.3. The number of carbonyl (C=O) groups excluding carboxylic acids is 1. The molecule has 0 bridgehead atoms. The Morgan fingerprint density at radius 1 is 1.38 bits per heavy atom. The lowest BCUT2D eigenvalue weighted by molar-refractivity contribution is 0.0997. The lowest BCUT2D eigenvalue weighted by Gasteiger charge is -2.06. The van der Waals surface area contributed by atoms with Crippen molar-refractivity contribution >= 4 is 27.5 Å². The summed E-state index contributed by atoms with van der Waals surface area (Å²) in [5.41, 5.74) is 1.07. The number of hydrogen-bond acceptors (Lipinski definition) is 3. The highest BCUT2D eigenvalue weighted by molar-refractivity contribution is 7.16. The minimum Gasteiger partial charge on any atom is -0.495 e. The van der Waals surface area contributed by atoms with Crippen molar-refractivity contribution in [2.45, 2.75) is 6.54 Å². The molecule has 0 saturated carbocycles. The van der Waals surface area contributed by atoms with Crippen molar-refractivity contribution in [3.63, 3.8) is 0 Å². The van der Waals surface area contributed by atoms with Gasteiger partial charge in [-0.1, -0.05) is 29.5 Å². The number of rotatable bonds is 4. The molecular weight excluding hydrogens is 327 g/mol. The summed E-state index contributed by atoms with van der Waals surface area (Å²) in [6, 6.07) is 11.2. The van der Waals surface area contributed by atoms with Gasteiger partial charge in [-0.15, -0.1) is 6.58 Å². The predicted molar refractivity (Wildman–Crippen MR) is 92.9 cm³/mol. The molecule has 0 radical (unpaired) electrons. The van der Waals surface area contributed by atoms with Crippen molar-refractivity contribution in [1.82, 2.24) is 4.57 Å². The quantitative estimate of drug-likeness (QED) is 0.677. The number of aromatic nitrogens is 1. The first-order valence-corrected chi connectivity index (χ1v) is 8.07. The van der Waals surface area contributed by atoms with Gasteiger partial charge in [0.2, 0.25) is 0 Å². The summed E-state index contributed by atoms with van der Waals surface area (Å²) in [5, 5.41) is 0. The maximum Gasteiger partial charge on any atom is 0.279 e. The molecule has 0 atom stereocenters. The van der Waals surface area contributed by atoms with Gasteiger partial charge in [0.25, 0.3) is 5.91 Å². The number of carbonyl (C=O) groups is 1. The average molecular weight is 342 g/mol. The van der Waals surface area contributed by atoms with Crippen LogP contribution in [-0.4, -0.2) is 17.6 Å². The molecule has 0 saturated heterocycles. The molecule has 3 rings (SSSR count). The summed E-state index contributed by atoms with van der Waals surface area (Å²) in [7, 11) is 1.60. The monoisotopic (exact) mass is 342 g/mol. The summed E-state index contributed by atoms with van der Waals surface area (Å²) in [6.07, 6.45) is 1.73. The minimum atomic E-state index is -0.488. The van der Waals surface area contributed by atoms with E-state index >= 15 is 0 Å². The Morgan fingerprint density at radius 3 is 2.88 bits per heavy atom. The van der Waals surface area contributed by atoms with Gasteiger partial charge in [0.15, 0.2) is 4.80 Å². The van der Waals surface area contributed by atoms with Gasteiger partial charge >= 0.3 is 0 Å². The highest BCUT2D eigenvalue weighted by atomic mass is 32.1. The second-order valence-corrected chi connectivity index (χ2v) is 6.03. The number of nitrogens with zero attached hydrogens (tertiary/aromatic N) is 2. The molecule has 4 nitrogen and oxygen atoms in total. The van der Waals surface area contributed by atoms with Crippen LogP contribution in [0.2, 0.25) is 0 Å².